The Kier molecular flexibility index (Phi) is 7.46. The Labute approximate surface area is 220 Å². The molecule has 1 fully saturated rings. The highest BCUT2D eigenvalue weighted by molar-refractivity contribution is 6.07. The monoisotopic (exact) mass is 546 g/mol. The Bertz CT molecular complexity index is 1480. The number of aromatic nitrogens is 2. The van der Waals surface area contributed by atoms with Crippen molar-refractivity contribution in [1.82, 2.24) is 14.9 Å². The maximum absolute atomic E-state index is 15.5. The minimum Gasteiger partial charge on any atom is -0.367 e. The number of likely N-dealkylation sites (N-methyl/N-ethyl adjacent to an activating group) is 1. The molecule has 13 heteroatoms. The van der Waals surface area contributed by atoms with Gasteiger partial charge in [0.2, 0.25) is 11.5 Å². The average Bonchev–Trinajstić information content (AvgIpc) is 2.87. The largest absolute Gasteiger partial charge is 0.417 e. The van der Waals surface area contributed by atoms with E-state index in [0.717, 1.165) is 0 Å². The van der Waals surface area contributed by atoms with Crippen molar-refractivity contribution in [3.05, 3.63) is 75.7 Å². The van der Waals surface area contributed by atoms with E-state index >= 15 is 4.39 Å². The smallest absolute Gasteiger partial charge is 0.367 e. The maximum atomic E-state index is 15.5. The van der Waals surface area contributed by atoms with E-state index in [4.69, 9.17) is 5.73 Å². The number of anilines is 2. The average molecular weight is 547 g/mol. The van der Waals surface area contributed by atoms with Gasteiger partial charge >= 0.3 is 6.18 Å². The summed E-state index contributed by atoms with van der Waals surface area (Å²) in [5, 5.41) is 2.48. The summed E-state index contributed by atoms with van der Waals surface area (Å²) in [5.74, 6) is -2.64. The molecule has 2 amide bonds. The molecule has 1 aliphatic rings. The Morgan fingerprint density at radius 3 is 2.38 bits per heavy atom. The predicted octanol–water partition coefficient (Wildman–Crippen LogP) is 3.47. The highest BCUT2D eigenvalue weighted by atomic mass is 19.4. The van der Waals surface area contributed by atoms with Crippen LogP contribution in [0.5, 0.6) is 0 Å². The molecule has 3 aromatic rings. The molecule has 4 rings (SSSR count). The number of pyridine rings is 2. The fourth-order valence-electron chi connectivity index (χ4n) is 4.55. The number of piperazine rings is 1. The Morgan fingerprint density at radius 2 is 1.77 bits per heavy atom. The first kappa shape index (κ1) is 27.8. The van der Waals surface area contributed by atoms with Crippen molar-refractivity contribution in [2.24, 2.45) is 5.73 Å². The molecule has 9 nitrogen and oxygen atoms in total. The number of nitrogens with one attached hydrogen (secondary N) is 2. The second-order valence-corrected chi connectivity index (χ2v) is 9.52. The molecule has 0 spiro atoms. The van der Waals surface area contributed by atoms with E-state index < -0.39 is 40.5 Å². The number of nitrogens with zero attached hydrogens (tertiary/aromatic N) is 3. The lowest BCUT2D eigenvalue weighted by Crippen LogP contribution is -2.55. The van der Waals surface area contributed by atoms with Crippen molar-refractivity contribution in [2.45, 2.75) is 32.1 Å². The summed E-state index contributed by atoms with van der Waals surface area (Å²) in [4.78, 5) is 46.3. The first-order valence-electron chi connectivity index (χ1n) is 11.9. The Balaban J connectivity index is 1.84. The van der Waals surface area contributed by atoms with E-state index in [-0.39, 0.29) is 40.1 Å². The second-order valence-electron chi connectivity index (χ2n) is 9.52. The number of hydrogen-bond acceptors (Lipinski definition) is 6. The van der Waals surface area contributed by atoms with Gasteiger partial charge in [-0.3, -0.25) is 24.3 Å². The van der Waals surface area contributed by atoms with Crippen LogP contribution in [-0.2, 0) is 6.18 Å². The van der Waals surface area contributed by atoms with E-state index in [1.54, 1.807) is 0 Å². The molecule has 1 saturated heterocycles. The lowest BCUT2D eigenvalue weighted by atomic mass is 10.0. The minimum atomic E-state index is -4.97. The summed E-state index contributed by atoms with van der Waals surface area (Å²) in [5.41, 5.74) is 2.50. The molecule has 4 N–H and O–H groups in total. The van der Waals surface area contributed by atoms with Gasteiger partial charge < -0.3 is 20.9 Å². The van der Waals surface area contributed by atoms with Gasteiger partial charge in [-0.15, -0.1) is 0 Å². The first-order chi connectivity index (χ1) is 18.3. The highest BCUT2D eigenvalue weighted by Crippen LogP contribution is 2.37. The first-order valence-corrected chi connectivity index (χ1v) is 11.9. The third-order valence-electron chi connectivity index (χ3n) is 6.84. The quantitative estimate of drug-likeness (QED) is 0.421. The van der Waals surface area contributed by atoms with Crippen molar-refractivity contribution in [1.29, 1.82) is 0 Å². The lowest BCUT2D eigenvalue weighted by molar-refractivity contribution is -0.138. The zero-order chi connectivity index (χ0) is 28.6. The van der Waals surface area contributed by atoms with Gasteiger partial charge in [0.25, 0.3) is 5.91 Å². The van der Waals surface area contributed by atoms with Gasteiger partial charge in [0.05, 0.1) is 28.1 Å². The molecular weight excluding hydrogens is 520 g/mol. The van der Waals surface area contributed by atoms with Crippen LogP contribution in [-0.4, -0.2) is 58.9 Å². The number of benzene rings is 1. The van der Waals surface area contributed by atoms with Gasteiger partial charge in [-0.1, -0.05) is 0 Å². The molecule has 0 aliphatic carbocycles. The molecule has 39 heavy (non-hydrogen) atoms. The SMILES string of the molecule is C[C@@H]1CN(c2cc(F)c(-c3cncc(C(N)=O)c3)cc2NC(=O)c2c[nH]c(=O)cc2C(F)(F)F)C[C@H](C)N1C. The van der Waals surface area contributed by atoms with Crippen LogP contribution in [0.1, 0.15) is 40.1 Å². The number of aromatic amines is 1. The van der Waals surface area contributed by atoms with E-state index in [2.05, 4.69) is 20.2 Å². The Hall–Kier alpha value is -4.26. The van der Waals surface area contributed by atoms with Crippen molar-refractivity contribution in [2.75, 3.05) is 30.4 Å². The van der Waals surface area contributed by atoms with Crippen LogP contribution in [0, 0.1) is 5.82 Å². The van der Waals surface area contributed by atoms with Crippen LogP contribution < -0.4 is 21.5 Å². The summed E-state index contributed by atoms with van der Waals surface area (Å²) in [6.07, 6.45) is -1.78. The maximum Gasteiger partial charge on any atom is 0.417 e. The molecule has 0 saturated carbocycles. The molecule has 1 aliphatic heterocycles. The molecule has 2 atom stereocenters. The second kappa shape index (κ2) is 10.5. The van der Waals surface area contributed by atoms with Gasteiger partial charge in [-0.05, 0) is 39.1 Å². The topological polar surface area (TPSA) is 124 Å². The van der Waals surface area contributed by atoms with Crippen LogP contribution in [0.25, 0.3) is 11.1 Å². The summed E-state index contributed by atoms with van der Waals surface area (Å²) >= 11 is 0. The standard InChI is InChI=1S/C26H26F4N6O3/c1-13-11-36(12-14(2)35(13)3)22-7-20(27)17(15-4-16(24(31)38)9-32-8-15)5-21(22)34-25(39)18-10-33-23(37)6-19(18)26(28,29)30/h4-10,13-14H,11-12H2,1-3H3,(H2,31,38)(H,33,37)(H,34,39)/t13-,14+. The van der Waals surface area contributed by atoms with Gasteiger partial charge in [-0.25, -0.2) is 4.39 Å². The van der Waals surface area contributed by atoms with Crippen LogP contribution in [0.4, 0.5) is 28.9 Å². The predicted molar refractivity (Wildman–Crippen MR) is 137 cm³/mol. The van der Waals surface area contributed by atoms with Gasteiger partial charge in [0.1, 0.15) is 5.82 Å². The van der Waals surface area contributed by atoms with E-state index in [1.165, 1.54) is 30.6 Å². The fourth-order valence-corrected chi connectivity index (χ4v) is 4.55. The normalized spacial score (nSPS) is 18.2. The highest BCUT2D eigenvalue weighted by Gasteiger charge is 2.36. The van der Waals surface area contributed by atoms with Crippen molar-refractivity contribution in [3.8, 4) is 11.1 Å². The number of H-pyrrole nitrogens is 1. The zero-order valence-corrected chi connectivity index (χ0v) is 21.3. The van der Waals surface area contributed by atoms with Crippen LogP contribution >= 0.6 is 0 Å². The van der Waals surface area contributed by atoms with E-state index in [0.29, 0.717) is 25.4 Å². The Morgan fingerprint density at radius 1 is 1.10 bits per heavy atom. The van der Waals surface area contributed by atoms with Gasteiger partial charge in [0, 0.05) is 61.0 Å². The van der Waals surface area contributed by atoms with Gasteiger partial charge in [-0.2, -0.15) is 13.2 Å². The molecule has 0 radical (unpaired) electrons. The molecule has 1 aromatic carbocycles. The van der Waals surface area contributed by atoms with Crippen molar-refractivity contribution in [3.63, 3.8) is 0 Å². The van der Waals surface area contributed by atoms with Crippen LogP contribution in [0.2, 0.25) is 0 Å². The molecule has 0 bridgehead atoms. The van der Waals surface area contributed by atoms with Crippen LogP contribution in [0.3, 0.4) is 0 Å². The molecule has 0 unspecified atom stereocenters. The number of hydrogen-bond donors (Lipinski definition) is 3. The number of nitrogens with two attached hydrogens (primary N) is 1. The minimum absolute atomic E-state index is 0.0198. The zero-order valence-electron chi connectivity index (χ0n) is 21.3. The van der Waals surface area contributed by atoms with Crippen molar-refractivity contribution < 1.29 is 27.2 Å². The summed E-state index contributed by atoms with van der Waals surface area (Å²) < 4.78 is 56.4. The number of halogens is 4. The van der Waals surface area contributed by atoms with Gasteiger partial charge in [0.15, 0.2) is 0 Å². The van der Waals surface area contributed by atoms with Crippen molar-refractivity contribution >= 4 is 23.2 Å². The molecule has 3 heterocycles. The molecule has 206 valence electrons. The summed E-state index contributed by atoms with van der Waals surface area (Å²) in [6.45, 7) is 4.85. The fraction of sp³-hybridized carbons (Fsp3) is 0.308. The third kappa shape index (κ3) is 5.77. The van der Waals surface area contributed by atoms with Crippen LogP contribution in [0.15, 0.2) is 47.7 Å². The van der Waals surface area contributed by atoms with E-state index in [1.807, 2.05) is 25.8 Å². The number of amides is 2. The number of carbonyl (C=O) groups excluding carboxylic acids is 2. The molecular formula is C26H26F4N6O3. The number of rotatable bonds is 5. The number of carbonyl (C=O) groups is 2. The third-order valence-corrected chi connectivity index (χ3v) is 6.84. The lowest BCUT2D eigenvalue weighted by Gasteiger charge is -2.44. The van der Waals surface area contributed by atoms with E-state index in [9.17, 15) is 27.6 Å². The summed E-state index contributed by atoms with van der Waals surface area (Å²) in [7, 11) is 1.95. The number of primary amides is 1. The molecule has 2 aromatic heterocycles. The number of alkyl halides is 3. The summed E-state index contributed by atoms with van der Waals surface area (Å²) in [6, 6.07) is 4.18.